The molecule has 0 radical (unpaired) electrons. The fourth-order valence-electron chi connectivity index (χ4n) is 1.87. The number of anilines is 1. The van der Waals surface area contributed by atoms with E-state index >= 15 is 0 Å². The number of carbonyl (C=O) groups excluding carboxylic acids is 1. The van der Waals surface area contributed by atoms with E-state index < -0.39 is 0 Å². The van der Waals surface area contributed by atoms with Gasteiger partial charge in [0.1, 0.15) is 0 Å². The van der Waals surface area contributed by atoms with Crippen molar-refractivity contribution in [3.05, 3.63) is 29.3 Å². The number of aliphatic hydroxyl groups excluding tert-OH is 1. The third kappa shape index (κ3) is 4.56. The number of nitrogens with one attached hydrogen (secondary N) is 1. The van der Waals surface area contributed by atoms with Gasteiger partial charge >= 0.3 is 0 Å². The summed E-state index contributed by atoms with van der Waals surface area (Å²) in [5, 5.41) is 12.5. The topological polar surface area (TPSA) is 52.6 Å². The van der Waals surface area contributed by atoms with Gasteiger partial charge in [0.2, 0.25) is 0 Å². The van der Waals surface area contributed by atoms with Gasteiger partial charge in [0.15, 0.2) is 0 Å². The van der Waals surface area contributed by atoms with Gasteiger partial charge in [-0.2, -0.15) is 0 Å². The Hall–Kier alpha value is -1.55. The molecule has 1 aromatic rings. The second kappa shape index (κ2) is 7.14. The van der Waals surface area contributed by atoms with Crippen LogP contribution in [0, 0.1) is 6.92 Å². The maximum atomic E-state index is 12.4. The monoisotopic (exact) mass is 264 g/mol. The molecule has 0 heterocycles. The van der Waals surface area contributed by atoms with Gasteiger partial charge in [-0.3, -0.25) is 4.79 Å². The van der Waals surface area contributed by atoms with E-state index in [0.29, 0.717) is 18.5 Å². The highest BCUT2D eigenvalue weighted by molar-refractivity contribution is 5.99. The third-order valence-corrected chi connectivity index (χ3v) is 3.00. The first-order chi connectivity index (χ1) is 8.95. The molecule has 0 aliphatic rings. The number of amides is 1. The molecule has 4 nitrogen and oxygen atoms in total. The van der Waals surface area contributed by atoms with Crippen LogP contribution in [0.5, 0.6) is 0 Å². The van der Waals surface area contributed by atoms with Crippen molar-refractivity contribution in [2.24, 2.45) is 0 Å². The van der Waals surface area contributed by atoms with Gasteiger partial charge in [0.25, 0.3) is 5.91 Å². The number of nitrogens with zero attached hydrogens (tertiary/aromatic N) is 1. The molecule has 1 unspecified atom stereocenters. The minimum absolute atomic E-state index is 0.0170. The van der Waals surface area contributed by atoms with E-state index in [4.69, 9.17) is 0 Å². The highest BCUT2D eigenvalue weighted by Crippen LogP contribution is 2.19. The lowest BCUT2D eigenvalue weighted by atomic mass is 10.1. The van der Waals surface area contributed by atoms with Crippen LogP contribution in [-0.4, -0.2) is 42.2 Å². The number of hydrogen-bond donors (Lipinski definition) is 2. The first-order valence-electron chi connectivity index (χ1n) is 6.73. The number of rotatable bonds is 6. The zero-order valence-electron chi connectivity index (χ0n) is 12.2. The van der Waals surface area contributed by atoms with Gasteiger partial charge < -0.3 is 15.3 Å². The second-order valence-corrected chi connectivity index (χ2v) is 4.94. The predicted molar refractivity (Wildman–Crippen MR) is 78.6 cm³/mol. The normalized spacial score (nSPS) is 12.1. The van der Waals surface area contributed by atoms with Crippen LogP contribution >= 0.6 is 0 Å². The summed E-state index contributed by atoms with van der Waals surface area (Å²) < 4.78 is 0. The van der Waals surface area contributed by atoms with Crippen molar-refractivity contribution >= 4 is 11.6 Å². The maximum absolute atomic E-state index is 12.4. The van der Waals surface area contributed by atoms with Gasteiger partial charge in [-0.1, -0.05) is 6.07 Å². The van der Waals surface area contributed by atoms with Crippen molar-refractivity contribution < 1.29 is 9.90 Å². The third-order valence-electron chi connectivity index (χ3n) is 3.00. The van der Waals surface area contributed by atoms with Crippen molar-refractivity contribution in [2.45, 2.75) is 33.3 Å². The molecule has 0 saturated carbocycles. The van der Waals surface area contributed by atoms with Gasteiger partial charge in [0, 0.05) is 25.8 Å². The fraction of sp³-hybridized carbons (Fsp3) is 0.533. The van der Waals surface area contributed by atoms with Crippen LogP contribution in [0.2, 0.25) is 0 Å². The number of aliphatic hydroxyl groups is 1. The van der Waals surface area contributed by atoms with E-state index in [1.165, 1.54) is 0 Å². The molecular formula is C15H24N2O2. The smallest absolute Gasteiger partial charge is 0.255 e. The van der Waals surface area contributed by atoms with Crippen molar-refractivity contribution in [3.8, 4) is 0 Å². The molecule has 19 heavy (non-hydrogen) atoms. The first-order valence-corrected chi connectivity index (χ1v) is 6.73. The summed E-state index contributed by atoms with van der Waals surface area (Å²) >= 11 is 0. The molecule has 0 spiro atoms. The second-order valence-electron chi connectivity index (χ2n) is 4.94. The Labute approximate surface area is 115 Å². The minimum Gasteiger partial charge on any atom is -0.393 e. The lowest BCUT2D eigenvalue weighted by molar-refractivity contribution is 0.0770. The van der Waals surface area contributed by atoms with Crippen LogP contribution in [0.15, 0.2) is 18.2 Å². The Morgan fingerprint density at radius 1 is 1.47 bits per heavy atom. The van der Waals surface area contributed by atoms with Crippen LogP contribution in [-0.2, 0) is 0 Å². The van der Waals surface area contributed by atoms with Crippen LogP contribution < -0.4 is 5.32 Å². The first kappa shape index (κ1) is 15.5. The van der Waals surface area contributed by atoms with Gasteiger partial charge in [-0.25, -0.2) is 0 Å². The molecule has 1 aromatic carbocycles. The Morgan fingerprint density at radius 2 is 2.16 bits per heavy atom. The zero-order chi connectivity index (χ0) is 14.4. The Bertz CT molecular complexity index is 430. The molecule has 1 atom stereocenters. The number of benzene rings is 1. The summed E-state index contributed by atoms with van der Waals surface area (Å²) in [6.07, 6.45) is 0.200. The largest absolute Gasteiger partial charge is 0.393 e. The number of carbonyl (C=O) groups is 1. The van der Waals surface area contributed by atoms with Crippen LogP contribution in [0.1, 0.15) is 36.2 Å². The maximum Gasteiger partial charge on any atom is 0.255 e. The van der Waals surface area contributed by atoms with E-state index in [-0.39, 0.29) is 12.0 Å². The molecule has 0 fully saturated rings. The van der Waals surface area contributed by atoms with Gasteiger partial charge in [-0.05, 0) is 44.9 Å². The van der Waals surface area contributed by atoms with Crippen LogP contribution in [0.4, 0.5) is 5.69 Å². The van der Waals surface area contributed by atoms with E-state index in [9.17, 15) is 9.90 Å². The van der Waals surface area contributed by atoms with Crippen LogP contribution in [0.25, 0.3) is 0 Å². The summed E-state index contributed by atoms with van der Waals surface area (Å²) in [5.41, 5.74) is 2.68. The molecule has 0 saturated heterocycles. The standard InChI is InChI=1S/C15H24N2O2/c1-5-16-14-10-11(2)6-7-13(14)15(19)17(4)9-8-12(3)18/h6-7,10,12,16,18H,5,8-9H2,1-4H3. The quantitative estimate of drug-likeness (QED) is 0.828. The van der Waals surface area contributed by atoms with E-state index in [1.54, 1.807) is 18.9 Å². The van der Waals surface area contributed by atoms with E-state index in [2.05, 4.69) is 5.32 Å². The lowest BCUT2D eigenvalue weighted by Crippen LogP contribution is -2.30. The van der Waals surface area contributed by atoms with E-state index in [0.717, 1.165) is 17.8 Å². The Kier molecular flexibility index (Phi) is 5.83. The lowest BCUT2D eigenvalue weighted by Gasteiger charge is -2.20. The average molecular weight is 264 g/mol. The van der Waals surface area contributed by atoms with Crippen molar-refractivity contribution in [2.75, 3.05) is 25.5 Å². The summed E-state index contributed by atoms with van der Waals surface area (Å²) in [6.45, 7) is 7.07. The van der Waals surface area contributed by atoms with E-state index in [1.807, 2.05) is 32.0 Å². The number of hydrogen-bond acceptors (Lipinski definition) is 3. The molecule has 1 rings (SSSR count). The van der Waals surface area contributed by atoms with Gasteiger partial charge in [-0.15, -0.1) is 0 Å². The highest BCUT2D eigenvalue weighted by atomic mass is 16.3. The zero-order valence-corrected chi connectivity index (χ0v) is 12.2. The van der Waals surface area contributed by atoms with Crippen molar-refractivity contribution in [3.63, 3.8) is 0 Å². The van der Waals surface area contributed by atoms with Gasteiger partial charge in [0.05, 0.1) is 11.7 Å². The molecule has 0 aliphatic heterocycles. The van der Waals surface area contributed by atoms with Crippen LogP contribution in [0.3, 0.4) is 0 Å². The molecular weight excluding hydrogens is 240 g/mol. The average Bonchev–Trinajstić information content (AvgIpc) is 2.35. The molecule has 0 aromatic heterocycles. The summed E-state index contributed by atoms with van der Waals surface area (Å²) in [5.74, 6) is -0.0170. The molecule has 106 valence electrons. The number of aryl methyl sites for hydroxylation is 1. The molecule has 0 aliphatic carbocycles. The fourth-order valence-corrected chi connectivity index (χ4v) is 1.87. The summed E-state index contributed by atoms with van der Waals surface area (Å²) in [7, 11) is 1.76. The Balaban J connectivity index is 2.86. The molecule has 1 amide bonds. The minimum atomic E-state index is -0.387. The molecule has 2 N–H and O–H groups in total. The molecule has 0 bridgehead atoms. The van der Waals surface area contributed by atoms with Crippen molar-refractivity contribution in [1.82, 2.24) is 4.90 Å². The highest BCUT2D eigenvalue weighted by Gasteiger charge is 2.16. The Morgan fingerprint density at radius 3 is 2.74 bits per heavy atom. The summed E-state index contributed by atoms with van der Waals surface area (Å²) in [4.78, 5) is 14.0. The SMILES string of the molecule is CCNc1cc(C)ccc1C(=O)N(C)CCC(C)O. The van der Waals surface area contributed by atoms with Crippen molar-refractivity contribution in [1.29, 1.82) is 0 Å². The summed E-state index contributed by atoms with van der Waals surface area (Å²) in [6, 6.07) is 5.78. The molecule has 4 heteroatoms. The predicted octanol–water partition coefficient (Wildman–Crippen LogP) is 2.27.